The molecule has 0 amide bonds. The van der Waals surface area contributed by atoms with Gasteiger partial charge in [0, 0.05) is 22.8 Å². The van der Waals surface area contributed by atoms with Crippen LogP contribution in [-0.4, -0.2) is 18.3 Å². The van der Waals surface area contributed by atoms with Crippen LogP contribution in [0.4, 0.5) is 11.4 Å². The van der Waals surface area contributed by atoms with Gasteiger partial charge in [-0.15, -0.1) is 0 Å². The summed E-state index contributed by atoms with van der Waals surface area (Å²) in [5, 5.41) is 11.2. The van der Waals surface area contributed by atoms with Crippen LogP contribution < -0.4 is 5.73 Å². The zero-order valence-corrected chi connectivity index (χ0v) is 12.1. The van der Waals surface area contributed by atoms with Crippen LogP contribution in [0.2, 0.25) is 5.02 Å². The summed E-state index contributed by atoms with van der Waals surface area (Å²) in [5.74, 6) is -0.571. The minimum atomic E-state index is -3.84. The van der Waals surface area contributed by atoms with Crippen LogP contribution in [0.1, 0.15) is 5.56 Å². The van der Waals surface area contributed by atoms with Crippen LogP contribution in [0.25, 0.3) is 0 Å². The number of nitrogen functional groups attached to an aromatic ring is 1. The largest absolute Gasteiger partial charge is 0.396 e. The fourth-order valence-corrected chi connectivity index (χ4v) is 3.48. The minimum Gasteiger partial charge on any atom is -0.396 e. The van der Waals surface area contributed by atoms with Gasteiger partial charge < -0.3 is 5.73 Å². The van der Waals surface area contributed by atoms with E-state index in [1.807, 2.05) is 0 Å². The number of halogens is 1. The highest BCUT2D eigenvalue weighted by Gasteiger charge is 2.24. The van der Waals surface area contributed by atoms with Crippen LogP contribution in [-0.2, 0) is 15.6 Å². The van der Waals surface area contributed by atoms with Gasteiger partial charge >= 0.3 is 0 Å². The maximum atomic E-state index is 12.3. The number of nitro groups is 1. The summed E-state index contributed by atoms with van der Waals surface area (Å²) >= 11 is 5.78. The van der Waals surface area contributed by atoms with Crippen molar-refractivity contribution in [2.45, 2.75) is 10.6 Å². The molecule has 0 unspecified atom stereocenters. The van der Waals surface area contributed by atoms with Crippen molar-refractivity contribution in [1.82, 2.24) is 4.98 Å². The van der Waals surface area contributed by atoms with Gasteiger partial charge in [-0.1, -0.05) is 11.6 Å². The van der Waals surface area contributed by atoms with E-state index in [4.69, 9.17) is 17.3 Å². The van der Waals surface area contributed by atoms with E-state index >= 15 is 0 Å². The zero-order valence-electron chi connectivity index (χ0n) is 10.6. The lowest BCUT2D eigenvalue weighted by molar-refractivity contribution is -0.385. The van der Waals surface area contributed by atoms with Gasteiger partial charge in [-0.2, -0.15) is 0 Å². The second-order valence-electron chi connectivity index (χ2n) is 4.20. The van der Waals surface area contributed by atoms with E-state index < -0.39 is 20.5 Å². The quantitative estimate of drug-likeness (QED) is 0.679. The van der Waals surface area contributed by atoms with Gasteiger partial charge in [0.15, 0.2) is 9.84 Å². The molecule has 0 aliphatic rings. The topological polar surface area (TPSA) is 116 Å². The summed E-state index contributed by atoms with van der Waals surface area (Å²) in [6.07, 6.45) is 2.49. The van der Waals surface area contributed by atoms with E-state index in [9.17, 15) is 18.5 Å². The van der Waals surface area contributed by atoms with Crippen molar-refractivity contribution in [3.8, 4) is 0 Å². The molecule has 0 bridgehead atoms. The first-order valence-corrected chi connectivity index (χ1v) is 7.69. The number of nitro benzene ring substituents is 1. The number of rotatable bonds is 4. The Kier molecular flexibility index (Phi) is 4.10. The van der Waals surface area contributed by atoms with E-state index in [2.05, 4.69) is 4.98 Å². The lowest BCUT2D eigenvalue weighted by atomic mass is 10.2. The van der Waals surface area contributed by atoms with E-state index in [0.717, 1.165) is 0 Å². The van der Waals surface area contributed by atoms with Gasteiger partial charge in [0.1, 0.15) is 0 Å². The van der Waals surface area contributed by atoms with Gasteiger partial charge in [0.25, 0.3) is 5.69 Å². The molecule has 1 aromatic heterocycles. The van der Waals surface area contributed by atoms with Crippen molar-refractivity contribution in [2.24, 2.45) is 0 Å². The van der Waals surface area contributed by atoms with Gasteiger partial charge in [0.05, 0.1) is 27.5 Å². The predicted molar refractivity (Wildman–Crippen MR) is 77.6 cm³/mol. The van der Waals surface area contributed by atoms with Crippen molar-refractivity contribution in [3.63, 3.8) is 0 Å². The van der Waals surface area contributed by atoms with Gasteiger partial charge in [-0.05, 0) is 18.2 Å². The maximum absolute atomic E-state index is 12.3. The molecule has 9 heteroatoms. The molecule has 1 heterocycles. The standard InChI is InChI=1S/C12H10ClN3O4S/c13-9-1-2-11(16(17)18)8(5-9)7-21(19,20)12-3-4-15-6-10(12)14/h1-6H,7,14H2. The number of anilines is 1. The van der Waals surface area contributed by atoms with E-state index in [1.165, 1.54) is 36.7 Å². The Hall–Kier alpha value is -2.19. The molecule has 0 atom stereocenters. The van der Waals surface area contributed by atoms with Crippen molar-refractivity contribution >= 4 is 32.8 Å². The summed E-state index contributed by atoms with van der Waals surface area (Å²) < 4.78 is 24.7. The average molecular weight is 328 g/mol. The molecule has 2 rings (SSSR count). The first-order valence-electron chi connectivity index (χ1n) is 5.66. The number of benzene rings is 1. The van der Waals surface area contributed by atoms with Crippen molar-refractivity contribution in [1.29, 1.82) is 0 Å². The number of pyridine rings is 1. The first-order chi connectivity index (χ1) is 9.81. The highest BCUT2D eigenvalue weighted by atomic mass is 35.5. The average Bonchev–Trinajstić information content (AvgIpc) is 2.38. The van der Waals surface area contributed by atoms with Crippen molar-refractivity contribution < 1.29 is 13.3 Å². The van der Waals surface area contributed by atoms with Crippen LogP contribution in [0.15, 0.2) is 41.6 Å². The van der Waals surface area contributed by atoms with Crippen LogP contribution >= 0.6 is 11.6 Å². The number of sulfone groups is 1. The maximum Gasteiger partial charge on any atom is 0.273 e. The SMILES string of the molecule is Nc1cnccc1S(=O)(=O)Cc1cc(Cl)ccc1[N+](=O)[O-]. The zero-order chi connectivity index (χ0) is 15.6. The Balaban J connectivity index is 2.49. The molecule has 0 radical (unpaired) electrons. The van der Waals surface area contributed by atoms with Gasteiger partial charge in [-0.25, -0.2) is 8.42 Å². The third-order valence-electron chi connectivity index (χ3n) is 2.73. The first kappa shape index (κ1) is 15.2. The van der Waals surface area contributed by atoms with Crippen LogP contribution in [0, 0.1) is 10.1 Å². The lowest BCUT2D eigenvalue weighted by Gasteiger charge is -2.07. The highest BCUT2D eigenvalue weighted by molar-refractivity contribution is 7.90. The molecule has 7 nitrogen and oxygen atoms in total. The normalized spacial score (nSPS) is 11.3. The van der Waals surface area contributed by atoms with Gasteiger partial charge in [0.2, 0.25) is 0 Å². The molecule has 0 spiro atoms. The third-order valence-corrected chi connectivity index (χ3v) is 4.70. The molecular weight excluding hydrogens is 318 g/mol. The summed E-state index contributed by atoms with van der Waals surface area (Å²) in [6.45, 7) is 0. The molecule has 1 aromatic carbocycles. The Labute approximate surface area is 125 Å². The third kappa shape index (κ3) is 3.29. The van der Waals surface area contributed by atoms with E-state index in [1.54, 1.807) is 0 Å². The Morgan fingerprint density at radius 3 is 2.67 bits per heavy atom. The van der Waals surface area contributed by atoms with E-state index in [-0.39, 0.29) is 26.9 Å². The van der Waals surface area contributed by atoms with Crippen molar-refractivity contribution in [3.05, 3.63) is 57.4 Å². The molecule has 2 aromatic rings. The second kappa shape index (κ2) is 5.66. The molecule has 2 N–H and O–H groups in total. The fraction of sp³-hybridized carbons (Fsp3) is 0.0833. The molecular formula is C12H10ClN3O4S. The fourth-order valence-electron chi connectivity index (χ4n) is 1.81. The summed E-state index contributed by atoms with van der Waals surface area (Å²) in [5.41, 5.74) is 5.27. The monoisotopic (exact) mass is 327 g/mol. The summed E-state index contributed by atoms with van der Waals surface area (Å²) in [6, 6.07) is 5.01. The Bertz CT molecular complexity index is 808. The Morgan fingerprint density at radius 1 is 1.33 bits per heavy atom. The molecule has 0 fully saturated rings. The summed E-state index contributed by atoms with van der Waals surface area (Å²) in [7, 11) is -3.84. The van der Waals surface area contributed by atoms with Gasteiger partial charge in [-0.3, -0.25) is 15.1 Å². The summed E-state index contributed by atoms with van der Waals surface area (Å²) in [4.78, 5) is 13.9. The lowest BCUT2D eigenvalue weighted by Crippen LogP contribution is -2.09. The number of aromatic nitrogens is 1. The minimum absolute atomic E-state index is 0.00344. The molecule has 21 heavy (non-hydrogen) atoms. The molecule has 0 aliphatic heterocycles. The number of hydrogen-bond acceptors (Lipinski definition) is 6. The Morgan fingerprint density at radius 2 is 2.05 bits per heavy atom. The molecule has 0 saturated heterocycles. The highest BCUT2D eigenvalue weighted by Crippen LogP contribution is 2.28. The number of nitrogens with zero attached hydrogens (tertiary/aromatic N) is 2. The molecule has 110 valence electrons. The number of hydrogen-bond donors (Lipinski definition) is 1. The second-order valence-corrected chi connectivity index (χ2v) is 6.60. The smallest absolute Gasteiger partial charge is 0.273 e. The predicted octanol–water partition coefficient (Wildman–Crippen LogP) is 2.20. The van der Waals surface area contributed by atoms with Crippen LogP contribution in [0.3, 0.4) is 0 Å². The molecule has 0 saturated carbocycles. The molecule has 0 aliphatic carbocycles. The van der Waals surface area contributed by atoms with E-state index in [0.29, 0.717) is 0 Å². The number of nitrogens with two attached hydrogens (primary N) is 1. The van der Waals surface area contributed by atoms with Crippen molar-refractivity contribution in [2.75, 3.05) is 5.73 Å². The van der Waals surface area contributed by atoms with Crippen LogP contribution in [0.5, 0.6) is 0 Å².